The molecule has 0 fully saturated rings. The van der Waals surface area contributed by atoms with Gasteiger partial charge < -0.3 is 22.5 Å². The van der Waals surface area contributed by atoms with E-state index in [0.717, 1.165) is 25.9 Å². The van der Waals surface area contributed by atoms with Gasteiger partial charge in [0.25, 0.3) is 0 Å². The van der Waals surface area contributed by atoms with Crippen LogP contribution in [0.25, 0.3) is 0 Å². The van der Waals surface area contributed by atoms with E-state index in [1.165, 1.54) is 70.6 Å². The van der Waals surface area contributed by atoms with Gasteiger partial charge in [0.15, 0.2) is 0 Å². The zero-order valence-corrected chi connectivity index (χ0v) is 18.0. The van der Waals surface area contributed by atoms with Crippen molar-refractivity contribution in [2.24, 2.45) is 17.2 Å². The zero-order valence-electron chi connectivity index (χ0n) is 18.0. The lowest BCUT2D eigenvalue weighted by Gasteiger charge is -1.99. The van der Waals surface area contributed by atoms with E-state index < -0.39 is 0 Å². The lowest BCUT2D eigenvalue weighted by molar-refractivity contribution is -0.118. The van der Waals surface area contributed by atoms with Crippen LogP contribution < -0.4 is 22.5 Å². The van der Waals surface area contributed by atoms with Gasteiger partial charge in [-0.1, -0.05) is 70.4 Å². The number of nitrogens with two attached hydrogens (primary N) is 3. The molecule has 0 aliphatic heterocycles. The van der Waals surface area contributed by atoms with E-state index in [4.69, 9.17) is 17.2 Å². The fraction of sp³-hybridized carbons (Fsp3) is 0.864. The number of hydrogen-bond donors (Lipinski definition) is 4. The van der Waals surface area contributed by atoms with Gasteiger partial charge in [-0.2, -0.15) is 0 Å². The van der Waals surface area contributed by atoms with E-state index in [0.29, 0.717) is 19.5 Å². The fourth-order valence-corrected chi connectivity index (χ4v) is 2.70. The Kier molecular flexibility index (Phi) is 28.6. The molecule has 0 rings (SSSR count). The van der Waals surface area contributed by atoms with Crippen LogP contribution in [0, 0.1) is 0 Å². The lowest BCUT2D eigenvalue weighted by atomic mass is 10.1. The Morgan fingerprint density at radius 2 is 1.19 bits per heavy atom. The van der Waals surface area contributed by atoms with E-state index in [1.54, 1.807) is 0 Å². The first-order valence-electron chi connectivity index (χ1n) is 11.2. The molecule has 27 heavy (non-hydrogen) atoms. The second kappa shape index (κ2) is 27.3. The fourth-order valence-electron chi connectivity index (χ4n) is 2.70. The molecular formula is C22H48N4O. The number of rotatable bonds is 19. The van der Waals surface area contributed by atoms with Crippen molar-refractivity contribution in [2.75, 3.05) is 26.2 Å². The Labute approximate surface area is 168 Å². The molecule has 0 unspecified atom stereocenters. The molecule has 0 aliphatic carbocycles. The summed E-state index contributed by atoms with van der Waals surface area (Å²) < 4.78 is 0. The average molecular weight is 385 g/mol. The number of unbranched alkanes of at least 4 members (excludes halogenated alkanes) is 11. The largest absolute Gasteiger partial charge is 0.370 e. The SMILES string of the molecule is CCCCCCCC/C=C\CCCCCCCC(N)=O.NCCNCCN. The van der Waals surface area contributed by atoms with Crippen LogP contribution in [0.3, 0.4) is 0 Å². The summed E-state index contributed by atoms with van der Waals surface area (Å²) in [5, 5.41) is 3.03. The summed E-state index contributed by atoms with van der Waals surface area (Å²) in [6.07, 6.45) is 21.9. The maximum Gasteiger partial charge on any atom is 0.217 e. The molecule has 0 aliphatic rings. The van der Waals surface area contributed by atoms with Gasteiger partial charge in [0.2, 0.25) is 5.91 Å². The van der Waals surface area contributed by atoms with Crippen LogP contribution in [0.5, 0.6) is 0 Å². The number of nitrogens with one attached hydrogen (secondary N) is 1. The smallest absolute Gasteiger partial charge is 0.217 e. The topological polar surface area (TPSA) is 107 Å². The minimum atomic E-state index is -0.164. The summed E-state index contributed by atoms with van der Waals surface area (Å²) in [7, 11) is 0. The molecule has 5 nitrogen and oxygen atoms in total. The highest BCUT2D eigenvalue weighted by atomic mass is 16.1. The van der Waals surface area contributed by atoms with Gasteiger partial charge in [0, 0.05) is 32.6 Å². The van der Waals surface area contributed by atoms with Gasteiger partial charge in [0.05, 0.1) is 0 Å². The predicted molar refractivity (Wildman–Crippen MR) is 120 cm³/mol. The van der Waals surface area contributed by atoms with Crippen molar-refractivity contribution in [3.05, 3.63) is 12.2 Å². The van der Waals surface area contributed by atoms with Crippen LogP contribution in [0.15, 0.2) is 12.2 Å². The van der Waals surface area contributed by atoms with Crippen LogP contribution in [0.1, 0.15) is 96.8 Å². The van der Waals surface area contributed by atoms with Crippen LogP contribution in [-0.4, -0.2) is 32.1 Å². The maximum absolute atomic E-state index is 10.5. The summed E-state index contributed by atoms with van der Waals surface area (Å²) in [6, 6.07) is 0. The first-order valence-corrected chi connectivity index (χ1v) is 11.2. The highest BCUT2D eigenvalue weighted by Crippen LogP contribution is 2.09. The first-order chi connectivity index (χ1) is 13.2. The minimum Gasteiger partial charge on any atom is -0.370 e. The number of primary amides is 1. The van der Waals surface area contributed by atoms with Crippen molar-refractivity contribution < 1.29 is 4.79 Å². The van der Waals surface area contributed by atoms with Crippen LogP contribution in [-0.2, 0) is 4.79 Å². The Hall–Kier alpha value is -0.910. The van der Waals surface area contributed by atoms with Crippen molar-refractivity contribution in [3.63, 3.8) is 0 Å². The Balaban J connectivity index is 0. The molecule has 0 bridgehead atoms. The molecule has 0 saturated carbocycles. The number of hydrogen-bond acceptors (Lipinski definition) is 4. The van der Waals surface area contributed by atoms with E-state index in [1.807, 2.05) is 0 Å². The van der Waals surface area contributed by atoms with Crippen molar-refractivity contribution in [1.29, 1.82) is 0 Å². The Morgan fingerprint density at radius 1 is 0.741 bits per heavy atom. The van der Waals surface area contributed by atoms with Crippen molar-refractivity contribution in [2.45, 2.75) is 96.8 Å². The monoisotopic (exact) mass is 384 g/mol. The lowest BCUT2D eigenvalue weighted by Crippen LogP contribution is -2.27. The predicted octanol–water partition coefficient (Wildman–Crippen LogP) is 4.00. The third-order valence-electron chi connectivity index (χ3n) is 4.33. The highest BCUT2D eigenvalue weighted by Gasteiger charge is 1.94. The highest BCUT2D eigenvalue weighted by molar-refractivity contribution is 5.73. The van der Waals surface area contributed by atoms with Gasteiger partial charge >= 0.3 is 0 Å². The number of carbonyl (C=O) groups excluding carboxylic acids is 1. The van der Waals surface area contributed by atoms with Gasteiger partial charge in [-0.25, -0.2) is 0 Å². The summed E-state index contributed by atoms with van der Waals surface area (Å²) in [4.78, 5) is 10.5. The number of amides is 1. The van der Waals surface area contributed by atoms with Gasteiger partial charge in [-0.3, -0.25) is 4.79 Å². The third-order valence-corrected chi connectivity index (χ3v) is 4.33. The minimum absolute atomic E-state index is 0.164. The molecule has 0 atom stereocenters. The van der Waals surface area contributed by atoms with Crippen molar-refractivity contribution >= 4 is 5.91 Å². The van der Waals surface area contributed by atoms with Gasteiger partial charge in [-0.15, -0.1) is 0 Å². The normalized spacial score (nSPS) is 10.8. The standard InChI is InChI=1S/C18H35NO.C4H13N3/c1-2-3-4-5-6-7-8-9-10-11-12-13-14-15-16-17-18(19)20;5-1-3-7-4-2-6/h9-10H,2-8,11-17H2,1H3,(H2,19,20);7H,1-6H2/b10-9-;. The quantitative estimate of drug-likeness (QED) is 0.199. The summed E-state index contributed by atoms with van der Waals surface area (Å²) in [5.41, 5.74) is 15.4. The number of carbonyl (C=O) groups is 1. The molecule has 1 amide bonds. The van der Waals surface area contributed by atoms with Gasteiger partial charge in [-0.05, 0) is 32.1 Å². The van der Waals surface area contributed by atoms with Gasteiger partial charge in [0.1, 0.15) is 0 Å². The molecule has 0 aromatic rings. The molecule has 0 spiro atoms. The van der Waals surface area contributed by atoms with Crippen LogP contribution in [0.4, 0.5) is 0 Å². The van der Waals surface area contributed by atoms with E-state index in [-0.39, 0.29) is 5.91 Å². The van der Waals surface area contributed by atoms with E-state index in [9.17, 15) is 4.79 Å². The molecular weight excluding hydrogens is 336 g/mol. The second-order valence-electron chi connectivity index (χ2n) is 7.13. The average Bonchev–Trinajstić information content (AvgIpc) is 2.65. The number of allylic oxidation sites excluding steroid dienone is 2. The summed E-state index contributed by atoms with van der Waals surface area (Å²) >= 11 is 0. The molecule has 0 aromatic carbocycles. The molecule has 7 N–H and O–H groups in total. The van der Waals surface area contributed by atoms with Crippen molar-refractivity contribution in [3.8, 4) is 0 Å². The maximum atomic E-state index is 10.5. The molecule has 5 heteroatoms. The molecule has 0 heterocycles. The Morgan fingerprint density at radius 3 is 1.63 bits per heavy atom. The molecule has 0 radical (unpaired) electrons. The summed E-state index contributed by atoms with van der Waals surface area (Å²) in [6.45, 7) is 5.40. The van der Waals surface area contributed by atoms with Crippen LogP contribution >= 0.6 is 0 Å². The second-order valence-corrected chi connectivity index (χ2v) is 7.13. The Bertz CT molecular complexity index is 305. The third kappa shape index (κ3) is 33.1. The summed E-state index contributed by atoms with van der Waals surface area (Å²) in [5.74, 6) is -0.164. The first kappa shape index (κ1) is 28.3. The molecule has 162 valence electrons. The van der Waals surface area contributed by atoms with Crippen molar-refractivity contribution in [1.82, 2.24) is 5.32 Å². The van der Waals surface area contributed by atoms with Crippen LogP contribution in [0.2, 0.25) is 0 Å². The zero-order chi connectivity index (χ0) is 20.4. The van der Waals surface area contributed by atoms with E-state index >= 15 is 0 Å². The molecule has 0 saturated heterocycles. The molecule has 0 aromatic heterocycles. The van der Waals surface area contributed by atoms with E-state index in [2.05, 4.69) is 24.4 Å².